The molecule has 2 aromatic rings. The fourth-order valence-electron chi connectivity index (χ4n) is 3.93. The molecule has 1 aromatic carbocycles. The number of aryl methyl sites for hydroxylation is 1. The third kappa shape index (κ3) is 4.76. The molecule has 3 heterocycles. The summed E-state index contributed by atoms with van der Waals surface area (Å²) in [5.41, 5.74) is 2.42. The molecule has 1 atom stereocenters. The Hall–Kier alpha value is -2.45. The Morgan fingerprint density at radius 3 is 2.38 bits per heavy atom. The first kappa shape index (κ1) is 19.8. The van der Waals surface area contributed by atoms with Gasteiger partial charge < -0.3 is 10.2 Å². The summed E-state index contributed by atoms with van der Waals surface area (Å²) < 4.78 is 23.4. The Bertz CT molecular complexity index is 966. The molecule has 2 aliphatic rings. The Morgan fingerprint density at radius 2 is 1.79 bits per heavy atom. The molecule has 1 aromatic heterocycles. The van der Waals surface area contributed by atoms with E-state index in [2.05, 4.69) is 20.1 Å². The van der Waals surface area contributed by atoms with E-state index in [9.17, 15) is 13.2 Å². The van der Waals surface area contributed by atoms with Gasteiger partial charge in [-0.2, -0.15) is 0 Å². The van der Waals surface area contributed by atoms with Crippen molar-refractivity contribution in [1.82, 2.24) is 9.88 Å². The number of amides is 1. The predicted molar refractivity (Wildman–Crippen MR) is 114 cm³/mol. The standard InChI is InChI=1S/C21H26N4O3S/c1-16-2-5-18(6-3-16)23-21(26)17-4-7-20(22-14-17)25-11-9-24(10-12-25)19-8-13-29(27,28)15-19/h2-7,14,19H,8-13,15H2,1H3,(H,23,26). The number of hydrogen-bond donors (Lipinski definition) is 1. The maximum atomic E-state index is 12.4. The van der Waals surface area contributed by atoms with Gasteiger partial charge in [0.2, 0.25) is 0 Å². The number of carbonyl (C=O) groups excluding carboxylic acids is 1. The maximum Gasteiger partial charge on any atom is 0.257 e. The molecule has 0 aliphatic carbocycles. The minimum absolute atomic E-state index is 0.156. The number of rotatable bonds is 4. The van der Waals surface area contributed by atoms with Gasteiger partial charge in [-0.25, -0.2) is 13.4 Å². The average Bonchev–Trinajstić information content (AvgIpc) is 3.10. The molecule has 1 unspecified atom stereocenters. The number of carbonyl (C=O) groups is 1. The van der Waals surface area contributed by atoms with Gasteiger partial charge in [0.15, 0.2) is 9.84 Å². The molecular formula is C21H26N4O3S. The van der Waals surface area contributed by atoms with Crippen LogP contribution < -0.4 is 10.2 Å². The molecule has 0 bridgehead atoms. The van der Waals surface area contributed by atoms with Crippen LogP contribution in [-0.2, 0) is 9.84 Å². The molecule has 4 rings (SSSR count). The Labute approximate surface area is 171 Å². The Kier molecular flexibility index (Phi) is 5.56. The van der Waals surface area contributed by atoms with Crippen LogP contribution in [0.1, 0.15) is 22.3 Å². The van der Waals surface area contributed by atoms with Crippen LogP contribution in [0.5, 0.6) is 0 Å². The SMILES string of the molecule is Cc1ccc(NC(=O)c2ccc(N3CCN(C4CCS(=O)(=O)C4)CC3)nc2)cc1. The summed E-state index contributed by atoms with van der Waals surface area (Å²) in [5.74, 6) is 1.26. The predicted octanol–water partition coefficient (Wildman–Crippen LogP) is 1.95. The quantitative estimate of drug-likeness (QED) is 0.824. The number of anilines is 2. The molecule has 7 nitrogen and oxygen atoms in total. The van der Waals surface area contributed by atoms with E-state index in [1.165, 1.54) is 0 Å². The van der Waals surface area contributed by atoms with Crippen molar-refractivity contribution in [2.24, 2.45) is 0 Å². The summed E-state index contributed by atoms with van der Waals surface area (Å²) in [5, 5.41) is 2.88. The summed E-state index contributed by atoms with van der Waals surface area (Å²) in [6.45, 7) is 5.27. The molecule has 2 saturated heterocycles. The van der Waals surface area contributed by atoms with Gasteiger partial charge >= 0.3 is 0 Å². The molecule has 1 N–H and O–H groups in total. The summed E-state index contributed by atoms with van der Waals surface area (Å²) in [7, 11) is -2.85. The molecule has 8 heteroatoms. The second kappa shape index (κ2) is 8.12. The highest BCUT2D eigenvalue weighted by Gasteiger charge is 2.33. The van der Waals surface area contributed by atoms with E-state index >= 15 is 0 Å². The number of piperazine rings is 1. The van der Waals surface area contributed by atoms with Gasteiger partial charge in [-0.3, -0.25) is 9.69 Å². The van der Waals surface area contributed by atoms with Gasteiger partial charge in [0.1, 0.15) is 5.82 Å². The van der Waals surface area contributed by atoms with Crippen molar-refractivity contribution in [2.45, 2.75) is 19.4 Å². The van der Waals surface area contributed by atoms with E-state index in [0.29, 0.717) is 11.3 Å². The molecule has 0 saturated carbocycles. The number of benzene rings is 1. The Morgan fingerprint density at radius 1 is 1.07 bits per heavy atom. The third-order valence-corrected chi connectivity index (χ3v) is 7.43. The monoisotopic (exact) mass is 414 g/mol. The van der Waals surface area contributed by atoms with Crippen LogP contribution in [0, 0.1) is 6.92 Å². The summed E-state index contributed by atoms with van der Waals surface area (Å²) in [4.78, 5) is 21.3. The van der Waals surface area contributed by atoms with E-state index in [1.54, 1.807) is 12.3 Å². The van der Waals surface area contributed by atoms with Crippen LogP contribution in [0.3, 0.4) is 0 Å². The van der Waals surface area contributed by atoms with E-state index in [0.717, 1.165) is 49.7 Å². The van der Waals surface area contributed by atoms with E-state index in [4.69, 9.17) is 0 Å². The molecular weight excluding hydrogens is 388 g/mol. The highest BCUT2D eigenvalue weighted by Crippen LogP contribution is 2.21. The van der Waals surface area contributed by atoms with Crippen molar-refractivity contribution in [1.29, 1.82) is 0 Å². The van der Waals surface area contributed by atoms with Crippen LogP contribution in [-0.4, -0.2) is 67.9 Å². The zero-order valence-electron chi connectivity index (χ0n) is 16.5. The van der Waals surface area contributed by atoms with Gasteiger partial charge in [-0.15, -0.1) is 0 Å². The van der Waals surface area contributed by atoms with Gasteiger partial charge in [0.25, 0.3) is 5.91 Å². The lowest BCUT2D eigenvalue weighted by Crippen LogP contribution is -2.51. The van der Waals surface area contributed by atoms with Crippen molar-refractivity contribution in [3.05, 3.63) is 53.7 Å². The highest BCUT2D eigenvalue weighted by atomic mass is 32.2. The number of nitrogens with zero attached hydrogens (tertiary/aromatic N) is 3. The summed E-state index contributed by atoms with van der Waals surface area (Å²) >= 11 is 0. The second-order valence-corrected chi connectivity index (χ2v) is 10.0. The first-order valence-electron chi connectivity index (χ1n) is 9.93. The minimum Gasteiger partial charge on any atom is -0.354 e. The molecule has 1 amide bonds. The fraction of sp³-hybridized carbons (Fsp3) is 0.429. The van der Waals surface area contributed by atoms with Crippen LogP contribution in [0.2, 0.25) is 0 Å². The summed E-state index contributed by atoms with van der Waals surface area (Å²) in [6, 6.07) is 11.5. The largest absolute Gasteiger partial charge is 0.354 e. The lowest BCUT2D eigenvalue weighted by atomic mass is 10.2. The maximum absolute atomic E-state index is 12.4. The number of sulfone groups is 1. The van der Waals surface area contributed by atoms with Crippen molar-refractivity contribution >= 4 is 27.2 Å². The van der Waals surface area contributed by atoms with Gasteiger partial charge in [-0.05, 0) is 37.6 Å². The number of hydrogen-bond acceptors (Lipinski definition) is 6. The van der Waals surface area contributed by atoms with E-state index < -0.39 is 9.84 Å². The third-order valence-electron chi connectivity index (χ3n) is 5.68. The molecule has 29 heavy (non-hydrogen) atoms. The normalized spacial score (nSPS) is 21.8. The van der Waals surface area contributed by atoms with Crippen molar-refractivity contribution in [2.75, 3.05) is 47.9 Å². The van der Waals surface area contributed by atoms with Crippen LogP contribution in [0.25, 0.3) is 0 Å². The number of pyridine rings is 1. The molecule has 2 aliphatic heterocycles. The molecule has 2 fully saturated rings. The van der Waals surface area contributed by atoms with E-state index in [-0.39, 0.29) is 17.7 Å². The minimum atomic E-state index is -2.85. The lowest BCUT2D eigenvalue weighted by Gasteiger charge is -2.38. The second-order valence-electron chi connectivity index (χ2n) is 7.81. The van der Waals surface area contributed by atoms with Crippen molar-refractivity contribution < 1.29 is 13.2 Å². The zero-order valence-corrected chi connectivity index (χ0v) is 17.4. The fourth-order valence-corrected chi connectivity index (χ4v) is 5.69. The first-order valence-corrected chi connectivity index (χ1v) is 11.8. The molecule has 154 valence electrons. The number of nitrogens with one attached hydrogen (secondary N) is 1. The van der Waals surface area contributed by atoms with E-state index in [1.807, 2.05) is 37.3 Å². The topological polar surface area (TPSA) is 82.6 Å². The van der Waals surface area contributed by atoms with Crippen LogP contribution >= 0.6 is 0 Å². The van der Waals surface area contributed by atoms with Gasteiger partial charge in [-0.1, -0.05) is 17.7 Å². The van der Waals surface area contributed by atoms with Crippen molar-refractivity contribution in [3.8, 4) is 0 Å². The van der Waals surface area contributed by atoms with Gasteiger partial charge in [0.05, 0.1) is 17.1 Å². The molecule has 0 spiro atoms. The smallest absolute Gasteiger partial charge is 0.257 e. The van der Waals surface area contributed by atoms with Crippen LogP contribution in [0.4, 0.5) is 11.5 Å². The first-order chi connectivity index (χ1) is 13.9. The van der Waals surface area contributed by atoms with Crippen molar-refractivity contribution in [3.63, 3.8) is 0 Å². The van der Waals surface area contributed by atoms with Gasteiger partial charge in [0, 0.05) is 44.1 Å². The molecule has 0 radical (unpaired) electrons. The summed E-state index contributed by atoms with van der Waals surface area (Å²) in [6.07, 6.45) is 2.35. The number of aromatic nitrogens is 1. The Balaban J connectivity index is 1.32. The average molecular weight is 415 g/mol. The highest BCUT2D eigenvalue weighted by molar-refractivity contribution is 7.91. The zero-order chi connectivity index (χ0) is 20.4. The van der Waals surface area contributed by atoms with Crippen LogP contribution in [0.15, 0.2) is 42.6 Å². The lowest BCUT2D eigenvalue weighted by molar-refractivity contribution is 0.102.